The van der Waals surface area contributed by atoms with E-state index in [4.69, 9.17) is 14.7 Å². The maximum atomic E-state index is 11.9. The van der Waals surface area contributed by atoms with Crippen molar-refractivity contribution >= 4 is 11.9 Å². The molecule has 0 aliphatic heterocycles. The Morgan fingerprint density at radius 3 is 2.43 bits per heavy atom. The molecule has 0 heterocycles. The Hall–Kier alpha value is -2.55. The molecule has 0 saturated heterocycles. The molecule has 1 rings (SSSR count). The summed E-state index contributed by atoms with van der Waals surface area (Å²) >= 11 is 0. The SMILES string of the molecule is CCOC(=O)C(C)NC(=O)C(C)Oc1ccc(C#N)cc1. The lowest BCUT2D eigenvalue weighted by Crippen LogP contribution is -2.45. The highest BCUT2D eigenvalue weighted by molar-refractivity contribution is 5.86. The van der Waals surface area contributed by atoms with Crippen LogP contribution in [0.3, 0.4) is 0 Å². The molecule has 0 radical (unpaired) electrons. The molecule has 2 unspecified atom stereocenters. The lowest BCUT2D eigenvalue weighted by molar-refractivity contribution is -0.147. The quantitative estimate of drug-likeness (QED) is 0.800. The normalized spacial score (nSPS) is 12.7. The van der Waals surface area contributed by atoms with E-state index in [0.717, 1.165) is 0 Å². The Morgan fingerprint density at radius 2 is 1.90 bits per heavy atom. The van der Waals surface area contributed by atoms with Gasteiger partial charge in [0, 0.05) is 0 Å². The predicted molar refractivity (Wildman–Crippen MR) is 75.5 cm³/mol. The third-order valence-electron chi connectivity index (χ3n) is 2.66. The Bertz CT molecular complexity index is 534. The summed E-state index contributed by atoms with van der Waals surface area (Å²) in [5, 5.41) is 11.2. The Kier molecular flexibility index (Phi) is 6.21. The molecule has 0 bridgehead atoms. The van der Waals surface area contributed by atoms with E-state index < -0.39 is 24.0 Å². The van der Waals surface area contributed by atoms with Crippen LogP contribution in [0.5, 0.6) is 5.75 Å². The molecule has 6 heteroatoms. The van der Waals surface area contributed by atoms with Gasteiger partial charge in [0.05, 0.1) is 18.2 Å². The third-order valence-corrected chi connectivity index (χ3v) is 2.66. The first kappa shape index (κ1) is 16.5. The minimum absolute atomic E-state index is 0.260. The summed E-state index contributed by atoms with van der Waals surface area (Å²) in [4.78, 5) is 23.3. The standard InChI is InChI=1S/C15H18N2O4/c1-4-20-15(19)10(2)17-14(18)11(3)21-13-7-5-12(9-16)6-8-13/h5-8,10-11H,4H2,1-3H3,(H,17,18). The van der Waals surface area contributed by atoms with Crippen LogP contribution in [0.25, 0.3) is 0 Å². The smallest absolute Gasteiger partial charge is 0.328 e. The second kappa shape index (κ2) is 7.90. The highest BCUT2D eigenvalue weighted by Crippen LogP contribution is 2.13. The van der Waals surface area contributed by atoms with Crippen molar-refractivity contribution < 1.29 is 19.1 Å². The topological polar surface area (TPSA) is 88.4 Å². The zero-order valence-electron chi connectivity index (χ0n) is 12.3. The molecule has 112 valence electrons. The molecule has 6 nitrogen and oxygen atoms in total. The van der Waals surface area contributed by atoms with Crippen LogP contribution < -0.4 is 10.1 Å². The number of benzene rings is 1. The second-order valence-corrected chi connectivity index (χ2v) is 4.38. The predicted octanol–water partition coefficient (Wildman–Crippen LogP) is 1.39. The number of nitrogens with one attached hydrogen (secondary N) is 1. The monoisotopic (exact) mass is 290 g/mol. The zero-order valence-corrected chi connectivity index (χ0v) is 12.3. The van der Waals surface area contributed by atoms with E-state index >= 15 is 0 Å². The number of hydrogen-bond donors (Lipinski definition) is 1. The average molecular weight is 290 g/mol. The number of esters is 1. The van der Waals surface area contributed by atoms with Crippen molar-refractivity contribution in [1.82, 2.24) is 5.32 Å². The van der Waals surface area contributed by atoms with E-state index in [1.165, 1.54) is 0 Å². The van der Waals surface area contributed by atoms with Gasteiger partial charge in [0.1, 0.15) is 11.8 Å². The lowest BCUT2D eigenvalue weighted by atomic mass is 10.2. The minimum atomic E-state index is -0.769. The van der Waals surface area contributed by atoms with Gasteiger partial charge in [-0.2, -0.15) is 5.26 Å². The molecule has 21 heavy (non-hydrogen) atoms. The molecule has 0 aliphatic carbocycles. The van der Waals surface area contributed by atoms with Gasteiger partial charge in [-0.15, -0.1) is 0 Å². The first-order chi connectivity index (χ1) is 9.97. The molecule has 0 fully saturated rings. The number of ether oxygens (including phenoxy) is 2. The fraction of sp³-hybridized carbons (Fsp3) is 0.400. The number of rotatable bonds is 6. The van der Waals surface area contributed by atoms with Crippen LogP contribution in [0.2, 0.25) is 0 Å². The summed E-state index contributed by atoms with van der Waals surface area (Å²) in [6.45, 7) is 5.08. The van der Waals surface area contributed by atoms with Crippen molar-refractivity contribution in [2.24, 2.45) is 0 Å². The van der Waals surface area contributed by atoms with Crippen LogP contribution in [0.1, 0.15) is 26.3 Å². The van der Waals surface area contributed by atoms with Crippen molar-refractivity contribution in [3.63, 3.8) is 0 Å². The van der Waals surface area contributed by atoms with Gasteiger partial charge in [0.2, 0.25) is 0 Å². The highest BCUT2D eigenvalue weighted by atomic mass is 16.5. The van der Waals surface area contributed by atoms with Gasteiger partial charge in [-0.1, -0.05) is 0 Å². The number of carbonyl (C=O) groups excluding carboxylic acids is 2. The first-order valence-electron chi connectivity index (χ1n) is 6.61. The van der Waals surface area contributed by atoms with Gasteiger partial charge in [0.25, 0.3) is 5.91 Å². The minimum Gasteiger partial charge on any atom is -0.481 e. The summed E-state index contributed by atoms with van der Waals surface area (Å²) in [7, 11) is 0. The van der Waals surface area contributed by atoms with Gasteiger partial charge >= 0.3 is 5.97 Å². The maximum absolute atomic E-state index is 11.9. The Balaban J connectivity index is 2.54. The first-order valence-corrected chi connectivity index (χ1v) is 6.61. The van der Waals surface area contributed by atoms with Gasteiger partial charge in [-0.25, -0.2) is 4.79 Å². The van der Waals surface area contributed by atoms with E-state index in [9.17, 15) is 9.59 Å². The molecule has 1 aromatic carbocycles. The number of hydrogen-bond acceptors (Lipinski definition) is 5. The van der Waals surface area contributed by atoms with Crippen LogP contribution in [-0.2, 0) is 14.3 Å². The summed E-state index contributed by atoms with van der Waals surface area (Å²) in [5.74, 6) is -0.434. The number of amides is 1. The van der Waals surface area contributed by atoms with Crippen LogP contribution >= 0.6 is 0 Å². The van der Waals surface area contributed by atoms with E-state index in [0.29, 0.717) is 11.3 Å². The summed E-state index contributed by atoms with van der Waals surface area (Å²) < 4.78 is 10.2. The molecule has 1 N–H and O–H groups in total. The Labute approximate surface area is 123 Å². The molecule has 1 amide bonds. The summed E-state index contributed by atoms with van der Waals surface area (Å²) in [6.07, 6.45) is -0.769. The fourth-order valence-electron chi connectivity index (χ4n) is 1.52. The van der Waals surface area contributed by atoms with Gasteiger partial charge in [0.15, 0.2) is 6.10 Å². The zero-order chi connectivity index (χ0) is 15.8. The third kappa shape index (κ3) is 5.15. The molecule has 0 aromatic heterocycles. The molecule has 0 spiro atoms. The van der Waals surface area contributed by atoms with Crippen molar-refractivity contribution in [1.29, 1.82) is 5.26 Å². The van der Waals surface area contributed by atoms with Crippen LogP contribution in [-0.4, -0.2) is 30.6 Å². The summed E-state index contributed by atoms with van der Waals surface area (Å²) in [6, 6.07) is 7.68. The van der Waals surface area contributed by atoms with Crippen molar-refractivity contribution in [3.05, 3.63) is 29.8 Å². The number of nitriles is 1. The van der Waals surface area contributed by atoms with E-state index in [1.807, 2.05) is 6.07 Å². The fourth-order valence-corrected chi connectivity index (χ4v) is 1.52. The van der Waals surface area contributed by atoms with Gasteiger partial charge < -0.3 is 14.8 Å². The molecule has 2 atom stereocenters. The Morgan fingerprint density at radius 1 is 1.29 bits per heavy atom. The molecular formula is C15H18N2O4. The van der Waals surface area contributed by atoms with Gasteiger partial charge in [-0.3, -0.25) is 4.79 Å². The largest absolute Gasteiger partial charge is 0.481 e. The van der Waals surface area contributed by atoms with Crippen molar-refractivity contribution in [3.8, 4) is 11.8 Å². The van der Waals surface area contributed by atoms with Crippen molar-refractivity contribution in [2.75, 3.05) is 6.61 Å². The summed E-state index contributed by atoms with van der Waals surface area (Å²) in [5.41, 5.74) is 0.510. The molecule has 1 aromatic rings. The lowest BCUT2D eigenvalue weighted by Gasteiger charge is -2.17. The average Bonchev–Trinajstić information content (AvgIpc) is 2.48. The van der Waals surface area contributed by atoms with Crippen molar-refractivity contribution in [2.45, 2.75) is 32.9 Å². The van der Waals surface area contributed by atoms with Crippen LogP contribution in [0, 0.1) is 11.3 Å². The number of nitrogens with zero attached hydrogens (tertiary/aromatic N) is 1. The number of carbonyl (C=O) groups is 2. The molecule has 0 saturated carbocycles. The second-order valence-electron chi connectivity index (χ2n) is 4.38. The van der Waals surface area contributed by atoms with Crippen LogP contribution in [0.4, 0.5) is 0 Å². The molecule has 0 aliphatic rings. The maximum Gasteiger partial charge on any atom is 0.328 e. The van der Waals surface area contributed by atoms with Gasteiger partial charge in [-0.05, 0) is 45.0 Å². The highest BCUT2D eigenvalue weighted by Gasteiger charge is 2.21. The van der Waals surface area contributed by atoms with E-state index in [-0.39, 0.29) is 6.61 Å². The van der Waals surface area contributed by atoms with Crippen LogP contribution in [0.15, 0.2) is 24.3 Å². The van der Waals surface area contributed by atoms with E-state index in [2.05, 4.69) is 5.32 Å². The van der Waals surface area contributed by atoms with E-state index in [1.54, 1.807) is 45.0 Å². The molecular weight excluding hydrogens is 272 g/mol.